The molecule has 36 heavy (non-hydrogen) atoms. The molecule has 0 N–H and O–H groups in total. The molecule has 0 amide bonds. The van der Waals surface area contributed by atoms with Crippen molar-refractivity contribution in [2.24, 2.45) is 7.05 Å². The molecule has 0 fully saturated rings. The standard InChI is InChI=1S/C29H39NO5Si/c1-18(2)36(19(3)4,20(5)6)35-16-21-9-11-23-24(15-28(31)32-8)29(30(7)25(23)13-21)22-10-12-26-27(14-22)34-17-33-26/h9-14,18-20H,15-17H2,1-8H3. The Labute approximate surface area is 215 Å². The second-order valence-corrected chi connectivity index (χ2v) is 16.1. The molecular weight excluding hydrogens is 470 g/mol. The Balaban J connectivity index is 1.77. The summed E-state index contributed by atoms with van der Waals surface area (Å²) >= 11 is 0. The summed E-state index contributed by atoms with van der Waals surface area (Å²) in [5.74, 6) is 1.19. The van der Waals surface area contributed by atoms with E-state index in [1.54, 1.807) is 0 Å². The molecule has 0 aliphatic carbocycles. The largest absolute Gasteiger partial charge is 0.469 e. The minimum atomic E-state index is -1.98. The SMILES string of the molecule is COC(=O)Cc1c(-c2ccc3c(c2)OCO3)n(C)c2cc(CO[Si](C(C)C)(C(C)C)C(C)C)ccc12. The summed E-state index contributed by atoms with van der Waals surface area (Å²) in [6.07, 6.45) is 0.192. The van der Waals surface area contributed by atoms with E-state index in [0.717, 1.165) is 39.0 Å². The maximum absolute atomic E-state index is 12.4. The van der Waals surface area contributed by atoms with Crippen LogP contribution < -0.4 is 9.47 Å². The predicted molar refractivity (Wildman–Crippen MR) is 146 cm³/mol. The average molecular weight is 510 g/mol. The topological polar surface area (TPSA) is 58.9 Å². The molecule has 2 aromatic carbocycles. The zero-order valence-electron chi connectivity index (χ0n) is 22.8. The smallest absolute Gasteiger partial charge is 0.310 e. The lowest BCUT2D eigenvalue weighted by atomic mass is 10.0. The van der Waals surface area contributed by atoms with Gasteiger partial charge in [-0.25, -0.2) is 0 Å². The van der Waals surface area contributed by atoms with Crippen LogP contribution in [0.25, 0.3) is 22.2 Å². The molecule has 1 aliphatic heterocycles. The molecule has 0 atom stereocenters. The number of aryl methyl sites for hydroxylation is 1. The van der Waals surface area contributed by atoms with Crippen LogP contribution in [0.4, 0.5) is 0 Å². The van der Waals surface area contributed by atoms with Gasteiger partial charge in [-0.15, -0.1) is 0 Å². The van der Waals surface area contributed by atoms with E-state index in [1.807, 2.05) is 25.2 Å². The van der Waals surface area contributed by atoms with Crippen molar-refractivity contribution in [1.29, 1.82) is 0 Å². The second-order valence-electron chi connectivity index (χ2n) is 10.7. The maximum Gasteiger partial charge on any atom is 0.310 e. The van der Waals surface area contributed by atoms with Crippen LogP contribution in [0, 0.1) is 0 Å². The van der Waals surface area contributed by atoms with Gasteiger partial charge in [0.05, 0.1) is 25.8 Å². The number of benzene rings is 2. The molecule has 0 saturated heterocycles. The number of carbonyl (C=O) groups excluding carboxylic acids is 1. The number of esters is 1. The zero-order chi connectivity index (χ0) is 26.2. The molecule has 0 radical (unpaired) electrons. The molecule has 3 aromatic rings. The van der Waals surface area contributed by atoms with Crippen LogP contribution in [0.2, 0.25) is 16.6 Å². The van der Waals surface area contributed by atoms with Crippen molar-refractivity contribution in [2.45, 2.75) is 71.2 Å². The van der Waals surface area contributed by atoms with Crippen LogP contribution >= 0.6 is 0 Å². The summed E-state index contributed by atoms with van der Waals surface area (Å²) in [4.78, 5) is 12.4. The van der Waals surface area contributed by atoms with Crippen molar-refractivity contribution >= 4 is 25.2 Å². The van der Waals surface area contributed by atoms with Crippen LogP contribution in [0.1, 0.15) is 52.7 Å². The Kier molecular flexibility index (Phi) is 7.53. The van der Waals surface area contributed by atoms with E-state index in [9.17, 15) is 4.79 Å². The average Bonchev–Trinajstić information content (AvgIpc) is 3.40. The molecule has 0 unspecified atom stereocenters. The fourth-order valence-corrected chi connectivity index (χ4v) is 11.6. The molecule has 0 saturated carbocycles. The van der Waals surface area contributed by atoms with Gasteiger partial charge in [-0.1, -0.05) is 53.7 Å². The molecule has 0 spiro atoms. The summed E-state index contributed by atoms with van der Waals surface area (Å²) in [7, 11) is 1.49. The molecule has 4 rings (SSSR count). The molecule has 1 aromatic heterocycles. The Morgan fingerprint density at radius 3 is 2.28 bits per heavy atom. The number of rotatable bonds is 9. The Hall–Kier alpha value is -2.77. The number of hydrogen-bond acceptors (Lipinski definition) is 5. The van der Waals surface area contributed by atoms with E-state index < -0.39 is 8.32 Å². The highest BCUT2D eigenvalue weighted by Gasteiger charge is 2.45. The number of hydrogen-bond donors (Lipinski definition) is 0. The number of carbonyl (C=O) groups is 1. The summed E-state index contributed by atoms with van der Waals surface area (Å²) in [5, 5.41) is 1.04. The lowest BCUT2D eigenvalue weighted by molar-refractivity contribution is -0.139. The molecule has 6 nitrogen and oxygen atoms in total. The molecule has 194 valence electrons. The zero-order valence-corrected chi connectivity index (χ0v) is 23.8. The summed E-state index contributed by atoms with van der Waals surface area (Å²) in [5.41, 5.74) is 6.68. The van der Waals surface area contributed by atoms with Crippen molar-refractivity contribution in [3.63, 3.8) is 0 Å². The number of fused-ring (bicyclic) bond motifs is 2. The molecule has 7 heteroatoms. The van der Waals surface area contributed by atoms with Crippen LogP contribution in [0.5, 0.6) is 11.5 Å². The fraction of sp³-hybridized carbons (Fsp3) is 0.483. The Morgan fingerprint density at radius 1 is 0.972 bits per heavy atom. The van der Waals surface area contributed by atoms with Gasteiger partial charge in [-0.2, -0.15) is 0 Å². The summed E-state index contributed by atoms with van der Waals surface area (Å²) < 4.78 is 25.2. The first-order chi connectivity index (χ1) is 17.1. The van der Waals surface area contributed by atoms with Crippen molar-refractivity contribution in [3.05, 3.63) is 47.5 Å². The van der Waals surface area contributed by atoms with Gasteiger partial charge in [0.25, 0.3) is 0 Å². The third-order valence-electron chi connectivity index (χ3n) is 7.76. The minimum absolute atomic E-state index is 0.192. The van der Waals surface area contributed by atoms with Crippen LogP contribution in [0.3, 0.4) is 0 Å². The summed E-state index contributed by atoms with van der Waals surface area (Å²) in [6.45, 7) is 14.7. The normalized spacial score (nSPS) is 13.4. The minimum Gasteiger partial charge on any atom is -0.469 e. The van der Waals surface area contributed by atoms with E-state index in [4.69, 9.17) is 18.6 Å². The fourth-order valence-electron chi connectivity index (χ4n) is 6.17. The first-order valence-corrected chi connectivity index (χ1v) is 14.9. The van der Waals surface area contributed by atoms with Gasteiger partial charge >= 0.3 is 5.97 Å². The van der Waals surface area contributed by atoms with Gasteiger partial charge < -0.3 is 23.2 Å². The van der Waals surface area contributed by atoms with Crippen molar-refractivity contribution < 1.29 is 23.4 Å². The van der Waals surface area contributed by atoms with Crippen molar-refractivity contribution in [3.8, 4) is 22.8 Å². The second kappa shape index (κ2) is 10.3. The van der Waals surface area contributed by atoms with Crippen LogP contribution in [-0.4, -0.2) is 32.8 Å². The van der Waals surface area contributed by atoms with Gasteiger partial charge in [0.15, 0.2) is 11.5 Å². The molecule has 2 heterocycles. The van der Waals surface area contributed by atoms with E-state index >= 15 is 0 Å². The molecular formula is C29H39NO5Si. The lowest BCUT2D eigenvalue weighted by Gasteiger charge is -2.42. The molecule has 1 aliphatic rings. The highest BCUT2D eigenvalue weighted by molar-refractivity contribution is 6.77. The van der Waals surface area contributed by atoms with Gasteiger partial charge in [0.2, 0.25) is 15.1 Å². The van der Waals surface area contributed by atoms with E-state index in [2.05, 4.69) is 64.3 Å². The quantitative estimate of drug-likeness (QED) is 0.230. The first-order valence-electron chi connectivity index (χ1n) is 12.8. The van der Waals surface area contributed by atoms with E-state index in [1.165, 1.54) is 7.11 Å². The predicted octanol–water partition coefficient (Wildman–Crippen LogP) is 6.98. The Morgan fingerprint density at radius 2 is 1.64 bits per heavy atom. The first kappa shape index (κ1) is 26.3. The highest BCUT2D eigenvalue weighted by atomic mass is 28.4. The molecule has 0 bridgehead atoms. The number of aromatic nitrogens is 1. The van der Waals surface area contributed by atoms with Gasteiger partial charge in [-0.3, -0.25) is 4.79 Å². The van der Waals surface area contributed by atoms with E-state index in [-0.39, 0.29) is 19.2 Å². The number of nitrogens with zero attached hydrogens (tertiary/aromatic N) is 1. The monoisotopic (exact) mass is 509 g/mol. The number of ether oxygens (including phenoxy) is 3. The van der Waals surface area contributed by atoms with Crippen molar-refractivity contribution in [1.82, 2.24) is 4.57 Å². The summed E-state index contributed by atoms with van der Waals surface area (Å²) in [6, 6.07) is 12.4. The number of methoxy groups -OCH3 is 1. The third-order valence-corrected chi connectivity index (χ3v) is 13.8. The van der Waals surface area contributed by atoms with Gasteiger partial charge in [0.1, 0.15) is 0 Å². The Bertz CT molecular complexity index is 1240. The van der Waals surface area contributed by atoms with Gasteiger partial charge in [0, 0.05) is 23.5 Å². The van der Waals surface area contributed by atoms with Gasteiger partial charge in [-0.05, 0) is 52.0 Å². The third kappa shape index (κ3) is 4.55. The highest BCUT2D eigenvalue weighted by Crippen LogP contribution is 2.43. The lowest BCUT2D eigenvalue weighted by Crippen LogP contribution is -2.47. The van der Waals surface area contributed by atoms with E-state index in [0.29, 0.717) is 29.0 Å². The maximum atomic E-state index is 12.4. The van der Waals surface area contributed by atoms with Crippen molar-refractivity contribution in [2.75, 3.05) is 13.9 Å². The van der Waals surface area contributed by atoms with Crippen LogP contribution in [0.15, 0.2) is 36.4 Å². The van der Waals surface area contributed by atoms with Crippen LogP contribution in [-0.2, 0) is 34.0 Å².